The van der Waals surface area contributed by atoms with Crippen molar-refractivity contribution < 1.29 is 14.3 Å². The summed E-state index contributed by atoms with van der Waals surface area (Å²) in [5, 5.41) is 4.47. The van der Waals surface area contributed by atoms with Crippen LogP contribution >= 0.6 is 0 Å². The number of nitrogens with two attached hydrogens (primary N) is 1. The Bertz CT molecular complexity index is 1420. The first-order chi connectivity index (χ1) is 17.4. The van der Waals surface area contributed by atoms with E-state index in [2.05, 4.69) is 5.10 Å². The first kappa shape index (κ1) is 23.7. The van der Waals surface area contributed by atoms with E-state index >= 15 is 0 Å². The minimum Gasteiger partial charge on any atom is -0.383 e. The van der Waals surface area contributed by atoms with E-state index in [4.69, 9.17) is 15.5 Å². The second kappa shape index (κ2) is 9.58. The van der Waals surface area contributed by atoms with Crippen molar-refractivity contribution >= 4 is 23.2 Å². The van der Waals surface area contributed by atoms with Crippen LogP contribution in [0.4, 0.5) is 5.82 Å². The van der Waals surface area contributed by atoms with Gasteiger partial charge in [0.05, 0.1) is 17.5 Å². The van der Waals surface area contributed by atoms with Gasteiger partial charge in [-0.1, -0.05) is 18.2 Å². The molecule has 1 aromatic carbocycles. The summed E-state index contributed by atoms with van der Waals surface area (Å²) < 4.78 is 8.78. The summed E-state index contributed by atoms with van der Waals surface area (Å²) in [5.74, 6) is 0.139. The van der Waals surface area contributed by atoms with E-state index in [0.29, 0.717) is 48.7 Å². The lowest BCUT2D eigenvalue weighted by Gasteiger charge is -2.33. The van der Waals surface area contributed by atoms with E-state index in [-0.39, 0.29) is 17.6 Å². The van der Waals surface area contributed by atoms with Crippen LogP contribution in [0.25, 0.3) is 22.5 Å². The van der Waals surface area contributed by atoms with Crippen molar-refractivity contribution in [3.8, 4) is 16.8 Å². The third-order valence-electron chi connectivity index (χ3n) is 7.02. The van der Waals surface area contributed by atoms with Crippen molar-refractivity contribution in [1.29, 1.82) is 0 Å². The Morgan fingerprint density at radius 1 is 1.14 bits per heavy atom. The third kappa shape index (κ3) is 4.15. The number of carbonyl (C=O) groups is 2. The lowest BCUT2D eigenvalue weighted by molar-refractivity contribution is -0.142. The molecule has 3 aromatic heterocycles. The standard InChI is InChI=1S/C27H30N6O3/c1-17(34)23-24(19-9-12-31(13-10-19)27(35)18(2)36-3)30-26-22(15-29-33(26)25(23)28)20-11-14-32(16-20)21-7-5-4-6-8-21/h4-8,11,14-16,18-19H,9-10,12-13,28H2,1-3H3/t18-/m1/s1. The average molecular weight is 487 g/mol. The first-order valence-electron chi connectivity index (χ1n) is 12.1. The molecule has 0 aliphatic carbocycles. The minimum atomic E-state index is -0.475. The summed E-state index contributed by atoms with van der Waals surface area (Å²) >= 11 is 0. The molecule has 186 valence electrons. The van der Waals surface area contributed by atoms with E-state index in [9.17, 15) is 9.59 Å². The fraction of sp³-hybridized carbons (Fsp3) is 0.333. The van der Waals surface area contributed by atoms with Crippen LogP contribution in [0.2, 0.25) is 0 Å². The number of benzene rings is 1. The zero-order chi connectivity index (χ0) is 25.4. The Morgan fingerprint density at radius 3 is 2.53 bits per heavy atom. The van der Waals surface area contributed by atoms with Gasteiger partial charge in [0.15, 0.2) is 11.4 Å². The molecule has 0 saturated carbocycles. The topological polar surface area (TPSA) is 108 Å². The smallest absolute Gasteiger partial charge is 0.251 e. The molecule has 1 saturated heterocycles. The molecule has 36 heavy (non-hydrogen) atoms. The van der Waals surface area contributed by atoms with Gasteiger partial charge in [-0.25, -0.2) is 4.98 Å². The van der Waals surface area contributed by atoms with Crippen molar-refractivity contribution in [3.05, 3.63) is 66.2 Å². The van der Waals surface area contributed by atoms with Crippen molar-refractivity contribution in [1.82, 2.24) is 24.1 Å². The average Bonchev–Trinajstić information content (AvgIpc) is 3.55. The Labute approximate surface area is 209 Å². The van der Waals surface area contributed by atoms with Gasteiger partial charge in [-0.2, -0.15) is 9.61 Å². The molecule has 0 radical (unpaired) electrons. The highest BCUT2D eigenvalue weighted by atomic mass is 16.5. The Morgan fingerprint density at radius 2 is 1.86 bits per heavy atom. The summed E-state index contributed by atoms with van der Waals surface area (Å²) in [4.78, 5) is 32.0. The Kier molecular flexibility index (Phi) is 6.32. The van der Waals surface area contributed by atoms with E-state index in [1.807, 2.05) is 58.3 Å². The van der Waals surface area contributed by atoms with Crippen molar-refractivity contribution in [2.24, 2.45) is 0 Å². The number of rotatable bonds is 6. The van der Waals surface area contributed by atoms with Crippen LogP contribution in [-0.4, -0.2) is 62.1 Å². The van der Waals surface area contributed by atoms with Gasteiger partial charge in [-0.05, 0) is 44.9 Å². The first-order valence-corrected chi connectivity index (χ1v) is 12.1. The number of methoxy groups -OCH3 is 1. The summed E-state index contributed by atoms with van der Waals surface area (Å²) in [7, 11) is 1.54. The summed E-state index contributed by atoms with van der Waals surface area (Å²) in [5.41, 5.74) is 11.1. The van der Waals surface area contributed by atoms with E-state index in [1.165, 1.54) is 14.0 Å². The molecule has 0 spiro atoms. The van der Waals surface area contributed by atoms with Crippen LogP contribution in [0.15, 0.2) is 55.0 Å². The fourth-order valence-electron chi connectivity index (χ4n) is 4.94. The van der Waals surface area contributed by atoms with Crippen molar-refractivity contribution in [2.45, 2.75) is 38.7 Å². The zero-order valence-corrected chi connectivity index (χ0v) is 20.7. The highest BCUT2D eigenvalue weighted by Gasteiger charge is 2.31. The molecule has 1 amide bonds. The Hall–Kier alpha value is -3.98. The summed E-state index contributed by atoms with van der Waals surface area (Å²) in [6.07, 6.45) is 6.68. The fourth-order valence-corrected chi connectivity index (χ4v) is 4.94. The van der Waals surface area contributed by atoms with Crippen LogP contribution in [0.1, 0.15) is 48.7 Å². The van der Waals surface area contributed by atoms with Crippen molar-refractivity contribution in [2.75, 3.05) is 25.9 Å². The molecule has 9 heteroatoms. The number of ketones is 1. The van der Waals surface area contributed by atoms with Gasteiger partial charge in [0.25, 0.3) is 5.91 Å². The molecule has 0 bridgehead atoms. The second-order valence-electron chi connectivity index (χ2n) is 9.23. The molecule has 5 rings (SSSR count). The van der Waals surface area contributed by atoms with E-state index < -0.39 is 6.10 Å². The van der Waals surface area contributed by atoms with Crippen LogP contribution in [0.3, 0.4) is 0 Å². The lowest BCUT2D eigenvalue weighted by Crippen LogP contribution is -2.43. The maximum atomic E-state index is 12.7. The highest BCUT2D eigenvalue weighted by Crippen LogP contribution is 2.35. The van der Waals surface area contributed by atoms with Gasteiger partial charge in [0.1, 0.15) is 11.9 Å². The number of amides is 1. The lowest BCUT2D eigenvalue weighted by atomic mass is 9.89. The number of aromatic nitrogens is 4. The van der Waals surface area contributed by atoms with Crippen LogP contribution in [0, 0.1) is 0 Å². The van der Waals surface area contributed by atoms with Gasteiger partial charge in [0, 0.05) is 55.3 Å². The molecule has 1 fully saturated rings. The molecule has 1 aliphatic rings. The number of likely N-dealkylation sites (tertiary alicyclic amines) is 1. The third-order valence-corrected chi connectivity index (χ3v) is 7.02. The van der Waals surface area contributed by atoms with E-state index in [1.54, 1.807) is 17.6 Å². The maximum Gasteiger partial charge on any atom is 0.251 e. The van der Waals surface area contributed by atoms with Gasteiger partial charge in [-0.3, -0.25) is 9.59 Å². The SMILES string of the molecule is CO[C@H](C)C(=O)N1CCC(c2nc3c(-c4ccn(-c5ccccc5)c4)cnn3c(N)c2C(C)=O)CC1. The molecule has 9 nitrogen and oxygen atoms in total. The number of para-hydroxylation sites is 1. The molecule has 4 aromatic rings. The number of carbonyl (C=O) groups excluding carboxylic acids is 2. The second-order valence-corrected chi connectivity index (χ2v) is 9.23. The van der Waals surface area contributed by atoms with Crippen LogP contribution in [-0.2, 0) is 9.53 Å². The monoisotopic (exact) mass is 486 g/mol. The molecule has 0 unspecified atom stereocenters. The molecule has 1 aliphatic heterocycles. The largest absolute Gasteiger partial charge is 0.383 e. The van der Waals surface area contributed by atoms with Gasteiger partial charge >= 0.3 is 0 Å². The van der Waals surface area contributed by atoms with E-state index in [0.717, 1.165) is 16.8 Å². The number of hydrogen-bond acceptors (Lipinski definition) is 6. The molecule has 2 N–H and O–H groups in total. The quantitative estimate of drug-likeness (QED) is 0.416. The summed E-state index contributed by atoms with van der Waals surface area (Å²) in [6.45, 7) is 4.41. The van der Waals surface area contributed by atoms with Crippen LogP contribution in [0.5, 0.6) is 0 Å². The minimum absolute atomic E-state index is 0.00904. The number of fused-ring (bicyclic) bond motifs is 1. The summed E-state index contributed by atoms with van der Waals surface area (Å²) in [6, 6.07) is 12.1. The molecule has 1 atom stereocenters. The predicted octanol–water partition coefficient (Wildman–Crippen LogP) is 3.71. The normalized spacial score (nSPS) is 15.4. The van der Waals surface area contributed by atoms with Crippen LogP contribution < -0.4 is 5.73 Å². The number of ether oxygens (including phenoxy) is 1. The van der Waals surface area contributed by atoms with Gasteiger partial charge in [-0.15, -0.1) is 0 Å². The highest BCUT2D eigenvalue weighted by molar-refractivity contribution is 6.00. The van der Waals surface area contributed by atoms with Gasteiger partial charge in [0.2, 0.25) is 0 Å². The Balaban J connectivity index is 1.51. The number of hydrogen-bond donors (Lipinski definition) is 1. The molecule has 4 heterocycles. The number of piperidine rings is 1. The van der Waals surface area contributed by atoms with Crippen molar-refractivity contribution in [3.63, 3.8) is 0 Å². The number of anilines is 1. The molecular formula is C27H30N6O3. The number of nitrogens with zero attached hydrogens (tertiary/aromatic N) is 5. The maximum absolute atomic E-state index is 12.7. The molecular weight excluding hydrogens is 456 g/mol. The van der Waals surface area contributed by atoms with Gasteiger partial charge < -0.3 is 19.9 Å². The zero-order valence-electron chi connectivity index (χ0n) is 20.7. The predicted molar refractivity (Wildman–Crippen MR) is 137 cm³/mol. The number of Topliss-reactive ketones (excluding diaryl/α,β-unsaturated/α-hetero) is 1. The number of nitrogen functional groups attached to an aromatic ring is 1.